The third-order valence-electron chi connectivity index (χ3n) is 5.46. The van der Waals surface area contributed by atoms with E-state index in [2.05, 4.69) is 36.2 Å². The largest absolute Gasteiger partial charge is 0.497 e. The van der Waals surface area contributed by atoms with Crippen LogP contribution in [0.15, 0.2) is 48.9 Å². The Labute approximate surface area is 192 Å². The number of carbonyl (C=O) groups is 1. The Hall–Kier alpha value is -3.92. The summed E-state index contributed by atoms with van der Waals surface area (Å²) in [6.45, 7) is 2.79. The van der Waals surface area contributed by atoms with Crippen molar-refractivity contribution in [2.75, 3.05) is 48.4 Å². The summed E-state index contributed by atoms with van der Waals surface area (Å²) in [5.74, 6) is 2.40. The normalized spacial score (nSPS) is 13.8. The van der Waals surface area contributed by atoms with Crippen LogP contribution in [-0.4, -0.2) is 47.6 Å². The van der Waals surface area contributed by atoms with E-state index in [0.29, 0.717) is 40.3 Å². The van der Waals surface area contributed by atoms with E-state index in [1.807, 2.05) is 6.07 Å². The molecular weight excluding hydrogens is 420 g/mol. The number of aromatic nitrogens is 3. The average molecular weight is 449 g/mol. The first-order chi connectivity index (χ1) is 16.1. The van der Waals surface area contributed by atoms with E-state index in [1.54, 1.807) is 37.6 Å². The number of nitrogens with one attached hydrogen (secondary N) is 4. The molecule has 2 aromatic heterocycles. The number of pyridine rings is 1. The molecule has 0 atom stereocenters. The Balaban J connectivity index is 1.53. The number of anilines is 5. The molecule has 10 nitrogen and oxygen atoms in total. The summed E-state index contributed by atoms with van der Waals surface area (Å²) in [5.41, 5.74) is 7.42. The lowest BCUT2D eigenvalue weighted by molar-refractivity contribution is 0.102. The number of nitrogens with two attached hydrogens (primary N) is 1. The Morgan fingerprint density at radius 3 is 2.55 bits per heavy atom. The second-order valence-corrected chi connectivity index (χ2v) is 7.82. The van der Waals surface area contributed by atoms with Crippen molar-refractivity contribution < 1.29 is 9.53 Å². The zero-order chi connectivity index (χ0) is 23.0. The standard InChI is InChI=1S/C23H28N8O2/c1-33-17-4-2-16(3-5-17)30-23(32)18-12-28-21(31-22-14-27-20(24)13-29-22)10-19(18)26-11-15-6-8-25-9-7-15/h2-5,10,12-15,25H,6-9,11H2,1H3,(H2,24,27)(H,30,32)(H2,26,28,29,31). The maximum atomic E-state index is 13.1. The fourth-order valence-corrected chi connectivity index (χ4v) is 3.60. The van der Waals surface area contributed by atoms with Crippen LogP contribution in [0.5, 0.6) is 5.75 Å². The average Bonchev–Trinajstić information content (AvgIpc) is 2.85. The molecule has 0 saturated carbocycles. The molecule has 0 unspecified atom stereocenters. The number of methoxy groups -OCH3 is 1. The molecule has 1 aliphatic heterocycles. The summed E-state index contributed by atoms with van der Waals surface area (Å²) in [6.07, 6.45) is 6.74. The van der Waals surface area contributed by atoms with Gasteiger partial charge in [-0.25, -0.2) is 15.0 Å². The van der Waals surface area contributed by atoms with Gasteiger partial charge in [-0.1, -0.05) is 0 Å². The highest BCUT2D eigenvalue weighted by Gasteiger charge is 2.17. The molecule has 1 amide bonds. The summed E-state index contributed by atoms with van der Waals surface area (Å²) in [6, 6.07) is 8.99. The molecule has 0 bridgehead atoms. The number of hydrogen-bond acceptors (Lipinski definition) is 9. The Morgan fingerprint density at radius 1 is 1.09 bits per heavy atom. The van der Waals surface area contributed by atoms with Gasteiger partial charge in [-0.05, 0) is 56.1 Å². The van der Waals surface area contributed by atoms with Gasteiger partial charge in [0.05, 0.1) is 30.8 Å². The highest BCUT2D eigenvalue weighted by Crippen LogP contribution is 2.24. The number of rotatable bonds is 8. The smallest absolute Gasteiger partial charge is 0.259 e. The van der Waals surface area contributed by atoms with Crippen molar-refractivity contribution in [3.63, 3.8) is 0 Å². The lowest BCUT2D eigenvalue weighted by Gasteiger charge is -2.24. The van der Waals surface area contributed by atoms with Gasteiger partial charge in [0, 0.05) is 24.5 Å². The van der Waals surface area contributed by atoms with Gasteiger partial charge in [0.2, 0.25) is 0 Å². The predicted octanol–water partition coefficient (Wildman–Crippen LogP) is 2.87. The van der Waals surface area contributed by atoms with Gasteiger partial charge in [-0.15, -0.1) is 0 Å². The van der Waals surface area contributed by atoms with Gasteiger partial charge in [-0.2, -0.15) is 0 Å². The van der Waals surface area contributed by atoms with Crippen molar-refractivity contribution in [3.05, 3.63) is 54.5 Å². The summed E-state index contributed by atoms with van der Waals surface area (Å²) < 4.78 is 5.18. The molecule has 172 valence electrons. The molecule has 0 radical (unpaired) electrons. The van der Waals surface area contributed by atoms with Gasteiger partial charge in [0.15, 0.2) is 0 Å². The predicted molar refractivity (Wildman–Crippen MR) is 129 cm³/mol. The number of amides is 1. The molecule has 0 aliphatic carbocycles. The number of ether oxygens (including phenoxy) is 1. The van der Waals surface area contributed by atoms with Gasteiger partial charge in [0.1, 0.15) is 23.2 Å². The van der Waals surface area contributed by atoms with Crippen LogP contribution in [0.1, 0.15) is 23.2 Å². The highest BCUT2D eigenvalue weighted by atomic mass is 16.5. The van der Waals surface area contributed by atoms with Crippen molar-refractivity contribution in [2.45, 2.75) is 12.8 Å². The van der Waals surface area contributed by atoms with Crippen LogP contribution in [-0.2, 0) is 0 Å². The van der Waals surface area contributed by atoms with E-state index in [9.17, 15) is 4.79 Å². The van der Waals surface area contributed by atoms with Gasteiger partial charge in [0.25, 0.3) is 5.91 Å². The van der Waals surface area contributed by atoms with Gasteiger partial charge in [-0.3, -0.25) is 4.79 Å². The topological polar surface area (TPSA) is 139 Å². The van der Waals surface area contributed by atoms with Crippen LogP contribution in [0.3, 0.4) is 0 Å². The number of nitrogen functional groups attached to an aromatic ring is 1. The molecular formula is C23H28N8O2. The van der Waals surface area contributed by atoms with Crippen molar-refractivity contribution >= 4 is 34.7 Å². The van der Waals surface area contributed by atoms with E-state index >= 15 is 0 Å². The first-order valence-corrected chi connectivity index (χ1v) is 10.9. The molecule has 1 aromatic carbocycles. The van der Waals surface area contributed by atoms with Crippen LogP contribution in [0.25, 0.3) is 0 Å². The van der Waals surface area contributed by atoms with Crippen LogP contribution in [0.2, 0.25) is 0 Å². The summed E-state index contributed by atoms with van der Waals surface area (Å²) in [4.78, 5) is 25.7. The minimum Gasteiger partial charge on any atom is -0.497 e. The minimum absolute atomic E-state index is 0.251. The second-order valence-electron chi connectivity index (χ2n) is 7.82. The first-order valence-electron chi connectivity index (χ1n) is 10.9. The third-order valence-corrected chi connectivity index (χ3v) is 5.46. The molecule has 33 heavy (non-hydrogen) atoms. The number of piperidine rings is 1. The number of benzene rings is 1. The molecule has 0 spiro atoms. The molecule has 4 rings (SSSR count). The molecule has 1 aliphatic rings. The summed E-state index contributed by atoms with van der Waals surface area (Å²) in [5, 5.41) is 12.9. The fourth-order valence-electron chi connectivity index (χ4n) is 3.60. The number of nitrogens with zero attached hydrogens (tertiary/aromatic N) is 3. The van der Waals surface area contributed by atoms with Crippen molar-refractivity contribution in [3.8, 4) is 5.75 Å². The van der Waals surface area contributed by atoms with E-state index in [4.69, 9.17) is 10.5 Å². The minimum atomic E-state index is -0.251. The second kappa shape index (κ2) is 10.6. The van der Waals surface area contributed by atoms with Gasteiger partial charge < -0.3 is 31.7 Å². The maximum absolute atomic E-state index is 13.1. The molecule has 1 fully saturated rings. The summed E-state index contributed by atoms with van der Waals surface area (Å²) in [7, 11) is 1.60. The Bertz CT molecular complexity index is 1070. The molecule has 3 aromatic rings. The zero-order valence-corrected chi connectivity index (χ0v) is 18.5. The number of hydrogen-bond donors (Lipinski definition) is 5. The van der Waals surface area contributed by atoms with E-state index in [0.717, 1.165) is 38.2 Å². The van der Waals surface area contributed by atoms with Crippen LogP contribution in [0.4, 0.5) is 28.8 Å². The van der Waals surface area contributed by atoms with Crippen LogP contribution < -0.4 is 31.7 Å². The lowest BCUT2D eigenvalue weighted by Crippen LogP contribution is -2.31. The Kier molecular flexibility index (Phi) is 7.16. The van der Waals surface area contributed by atoms with Crippen LogP contribution >= 0.6 is 0 Å². The molecule has 3 heterocycles. The van der Waals surface area contributed by atoms with Crippen molar-refractivity contribution in [1.82, 2.24) is 20.3 Å². The quantitative estimate of drug-likeness (QED) is 0.352. The molecule has 6 N–H and O–H groups in total. The van der Waals surface area contributed by atoms with E-state index in [-0.39, 0.29) is 5.91 Å². The third kappa shape index (κ3) is 6.07. The SMILES string of the molecule is COc1ccc(NC(=O)c2cnc(Nc3cnc(N)cn3)cc2NCC2CCNCC2)cc1. The van der Waals surface area contributed by atoms with E-state index in [1.165, 1.54) is 12.4 Å². The highest BCUT2D eigenvalue weighted by molar-refractivity contribution is 6.08. The number of carbonyl (C=O) groups excluding carboxylic acids is 1. The molecule has 1 saturated heterocycles. The Morgan fingerprint density at radius 2 is 1.85 bits per heavy atom. The van der Waals surface area contributed by atoms with Crippen LogP contribution in [0, 0.1) is 5.92 Å². The van der Waals surface area contributed by atoms with Crippen molar-refractivity contribution in [1.29, 1.82) is 0 Å². The van der Waals surface area contributed by atoms with Crippen molar-refractivity contribution in [2.24, 2.45) is 5.92 Å². The molecule has 10 heteroatoms. The first kappa shape index (κ1) is 22.3. The van der Waals surface area contributed by atoms with Gasteiger partial charge >= 0.3 is 0 Å². The fraction of sp³-hybridized carbons (Fsp3) is 0.304. The lowest BCUT2D eigenvalue weighted by atomic mass is 9.98. The zero-order valence-electron chi connectivity index (χ0n) is 18.5. The monoisotopic (exact) mass is 448 g/mol. The summed E-state index contributed by atoms with van der Waals surface area (Å²) >= 11 is 0. The van der Waals surface area contributed by atoms with E-state index < -0.39 is 0 Å². The maximum Gasteiger partial charge on any atom is 0.259 e.